The van der Waals surface area contributed by atoms with E-state index in [2.05, 4.69) is 0 Å². The highest BCUT2D eigenvalue weighted by atomic mass is 32.2. The highest BCUT2D eigenvalue weighted by Gasteiger charge is 2.26. The van der Waals surface area contributed by atoms with Crippen molar-refractivity contribution in [3.05, 3.63) is 107 Å². The molecule has 0 unspecified atom stereocenters. The number of rotatable bonds is 8. The smallest absolute Gasteiger partial charge is 0.307 e. The fourth-order valence-electron chi connectivity index (χ4n) is 4.05. The Morgan fingerprint density at radius 3 is 2.11 bits per heavy atom. The molecule has 0 atom stereocenters. The lowest BCUT2D eigenvalue weighted by Gasteiger charge is -2.25. The second-order valence-electron chi connectivity index (χ2n) is 8.83. The molecule has 180 valence electrons. The SMILES string of the molecule is Cc1ccc(COC(=O)CCN(c2cc(C)cc(C)c2)S(=O)(=O)c2ccc3ccccc3c2)cc1. The van der Waals surface area contributed by atoms with E-state index in [1.165, 1.54) is 4.31 Å². The zero-order valence-corrected chi connectivity index (χ0v) is 21.0. The number of fused-ring (bicyclic) bond motifs is 1. The summed E-state index contributed by atoms with van der Waals surface area (Å²) in [6, 6.07) is 26.1. The third kappa shape index (κ3) is 5.89. The number of sulfonamides is 1. The van der Waals surface area contributed by atoms with E-state index in [9.17, 15) is 13.2 Å². The molecule has 0 aliphatic rings. The van der Waals surface area contributed by atoms with Crippen molar-refractivity contribution in [3.63, 3.8) is 0 Å². The molecule has 4 rings (SSSR count). The van der Waals surface area contributed by atoms with Crippen LogP contribution in [-0.2, 0) is 26.2 Å². The minimum Gasteiger partial charge on any atom is -0.461 e. The molecule has 0 aliphatic carbocycles. The lowest BCUT2D eigenvalue weighted by atomic mass is 10.1. The van der Waals surface area contributed by atoms with E-state index in [1.54, 1.807) is 18.2 Å². The molecular formula is C29H29NO4S. The van der Waals surface area contributed by atoms with Crippen LogP contribution < -0.4 is 4.31 Å². The van der Waals surface area contributed by atoms with Crippen molar-refractivity contribution in [2.75, 3.05) is 10.8 Å². The van der Waals surface area contributed by atoms with Crippen molar-refractivity contribution in [1.29, 1.82) is 0 Å². The highest BCUT2D eigenvalue weighted by Crippen LogP contribution is 2.28. The summed E-state index contributed by atoms with van der Waals surface area (Å²) in [5.41, 5.74) is 4.44. The molecule has 6 heteroatoms. The molecule has 0 N–H and O–H groups in total. The average Bonchev–Trinajstić information content (AvgIpc) is 2.83. The van der Waals surface area contributed by atoms with Crippen molar-refractivity contribution in [1.82, 2.24) is 0 Å². The van der Waals surface area contributed by atoms with Gasteiger partial charge in [0.25, 0.3) is 10.0 Å². The molecule has 0 bridgehead atoms. The van der Waals surface area contributed by atoms with E-state index in [0.717, 1.165) is 33.0 Å². The first-order chi connectivity index (χ1) is 16.7. The van der Waals surface area contributed by atoms with Gasteiger partial charge in [-0.25, -0.2) is 8.42 Å². The molecule has 0 amide bonds. The number of aryl methyl sites for hydroxylation is 3. The predicted molar refractivity (Wildman–Crippen MR) is 140 cm³/mol. The van der Waals surface area contributed by atoms with Crippen LogP contribution in [0.1, 0.15) is 28.7 Å². The molecule has 0 spiro atoms. The monoisotopic (exact) mass is 487 g/mol. The third-order valence-corrected chi connectivity index (χ3v) is 7.67. The second-order valence-corrected chi connectivity index (χ2v) is 10.7. The first-order valence-electron chi connectivity index (χ1n) is 11.5. The number of carbonyl (C=O) groups excluding carboxylic acids is 1. The molecule has 4 aromatic rings. The summed E-state index contributed by atoms with van der Waals surface area (Å²) in [6.45, 7) is 5.97. The molecular weight excluding hydrogens is 458 g/mol. The van der Waals surface area contributed by atoms with Crippen LogP contribution in [0.2, 0.25) is 0 Å². The van der Waals surface area contributed by atoms with Gasteiger partial charge in [0, 0.05) is 6.54 Å². The van der Waals surface area contributed by atoms with Crippen LogP contribution >= 0.6 is 0 Å². The van der Waals surface area contributed by atoms with E-state index < -0.39 is 16.0 Å². The summed E-state index contributed by atoms with van der Waals surface area (Å²) >= 11 is 0. The molecule has 0 saturated heterocycles. The van der Waals surface area contributed by atoms with Crippen LogP contribution in [0.25, 0.3) is 10.8 Å². The van der Waals surface area contributed by atoms with Gasteiger partial charge in [-0.05, 0) is 72.5 Å². The van der Waals surface area contributed by atoms with E-state index in [4.69, 9.17) is 4.74 Å². The van der Waals surface area contributed by atoms with Crippen molar-refractivity contribution >= 4 is 32.5 Å². The van der Waals surface area contributed by atoms with Gasteiger partial charge in [0.15, 0.2) is 0 Å². The largest absolute Gasteiger partial charge is 0.461 e. The quantitative estimate of drug-likeness (QED) is 0.282. The number of esters is 1. The summed E-state index contributed by atoms with van der Waals surface area (Å²) in [5, 5.41) is 1.80. The number of ether oxygens (including phenoxy) is 1. The lowest BCUT2D eigenvalue weighted by Crippen LogP contribution is -2.33. The Balaban J connectivity index is 1.59. The van der Waals surface area contributed by atoms with E-state index in [-0.39, 0.29) is 24.5 Å². The number of hydrogen-bond donors (Lipinski definition) is 0. The Bertz CT molecular complexity index is 1440. The molecule has 0 heterocycles. The van der Waals surface area contributed by atoms with Crippen LogP contribution in [-0.4, -0.2) is 20.9 Å². The maximum Gasteiger partial charge on any atom is 0.307 e. The van der Waals surface area contributed by atoms with Crippen molar-refractivity contribution in [2.24, 2.45) is 0 Å². The Hall–Kier alpha value is -3.64. The number of anilines is 1. The van der Waals surface area contributed by atoms with Gasteiger partial charge in [0.05, 0.1) is 17.0 Å². The van der Waals surface area contributed by atoms with E-state index >= 15 is 0 Å². The molecule has 0 saturated carbocycles. The number of hydrogen-bond acceptors (Lipinski definition) is 4. The fourth-order valence-corrected chi connectivity index (χ4v) is 5.54. The Labute approximate surface area is 207 Å². The van der Waals surface area contributed by atoms with Crippen LogP contribution in [0.5, 0.6) is 0 Å². The molecule has 0 aromatic heterocycles. The van der Waals surface area contributed by atoms with Gasteiger partial charge in [0.2, 0.25) is 0 Å². The number of benzene rings is 4. The van der Waals surface area contributed by atoms with Crippen LogP contribution in [0.15, 0.2) is 89.8 Å². The average molecular weight is 488 g/mol. The first-order valence-corrected chi connectivity index (χ1v) is 13.0. The maximum atomic E-state index is 13.8. The standard InChI is InChI=1S/C29H29NO4S/c1-21-8-10-24(11-9-21)20-34-29(31)14-15-30(27-17-22(2)16-23(3)18-27)35(32,33)28-13-12-25-6-4-5-7-26(25)19-28/h4-13,16-19H,14-15,20H2,1-3H3. The zero-order chi connectivity index (χ0) is 25.0. The van der Waals surface area contributed by atoms with Gasteiger partial charge in [-0.1, -0.05) is 66.2 Å². The van der Waals surface area contributed by atoms with Gasteiger partial charge >= 0.3 is 5.97 Å². The van der Waals surface area contributed by atoms with Gasteiger partial charge in [0.1, 0.15) is 6.61 Å². The minimum absolute atomic E-state index is 0.0230. The lowest BCUT2D eigenvalue weighted by molar-refractivity contribution is -0.144. The highest BCUT2D eigenvalue weighted by molar-refractivity contribution is 7.92. The van der Waals surface area contributed by atoms with Crippen LogP contribution in [0.3, 0.4) is 0 Å². The predicted octanol–water partition coefficient (Wildman–Crippen LogP) is 6.09. The summed E-state index contributed by atoms with van der Waals surface area (Å²) < 4.78 is 34.3. The van der Waals surface area contributed by atoms with Gasteiger partial charge < -0.3 is 4.74 Å². The van der Waals surface area contributed by atoms with Gasteiger partial charge in [-0.3, -0.25) is 9.10 Å². The van der Waals surface area contributed by atoms with E-state index in [0.29, 0.717) is 5.69 Å². The van der Waals surface area contributed by atoms with Crippen LogP contribution in [0.4, 0.5) is 5.69 Å². The maximum absolute atomic E-state index is 13.8. The minimum atomic E-state index is -3.92. The molecule has 0 fully saturated rings. The Kier molecular flexibility index (Phi) is 7.22. The zero-order valence-electron chi connectivity index (χ0n) is 20.2. The normalized spacial score (nSPS) is 11.4. The summed E-state index contributed by atoms with van der Waals surface area (Å²) in [5.74, 6) is -0.450. The molecule has 35 heavy (non-hydrogen) atoms. The molecule has 4 aromatic carbocycles. The number of carbonyl (C=O) groups is 1. The molecule has 5 nitrogen and oxygen atoms in total. The fraction of sp³-hybridized carbons (Fsp3) is 0.207. The van der Waals surface area contributed by atoms with Gasteiger partial charge in [-0.15, -0.1) is 0 Å². The summed E-state index contributed by atoms with van der Waals surface area (Å²) in [6.07, 6.45) is -0.0638. The first kappa shape index (κ1) is 24.5. The van der Waals surface area contributed by atoms with Gasteiger partial charge in [-0.2, -0.15) is 0 Å². The summed E-state index contributed by atoms with van der Waals surface area (Å²) in [7, 11) is -3.92. The third-order valence-electron chi connectivity index (χ3n) is 5.84. The topological polar surface area (TPSA) is 63.7 Å². The van der Waals surface area contributed by atoms with Crippen molar-refractivity contribution < 1.29 is 17.9 Å². The molecule has 0 aliphatic heterocycles. The second kappa shape index (κ2) is 10.3. The van der Waals surface area contributed by atoms with Crippen molar-refractivity contribution in [3.8, 4) is 0 Å². The Morgan fingerprint density at radius 2 is 1.43 bits per heavy atom. The van der Waals surface area contributed by atoms with Crippen molar-refractivity contribution in [2.45, 2.75) is 38.7 Å². The number of nitrogens with zero attached hydrogens (tertiary/aromatic N) is 1. The molecule has 0 radical (unpaired) electrons. The van der Waals surface area contributed by atoms with E-state index in [1.807, 2.05) is 87.5 Å². The summed E-state index contributed by atoms with van der Waals surface area (Å²) in [4.78, 5) is 12.7. The Morgan fingerprint density at radius 1 is 0.771 bits per heavy atom. The van der Waals surface area contributed by atoms with Crippen LogP contribution in [0, 0.1) is 20.8 Å².